The zero-order valence-corrected chi connectivity index (χ0v) is 13.6. The van der Waals surface area contributed by atoms with Crippen LogP contribution in [0.25, 0.3) is 0 Å². The molecular formula is C18H29FN2O. The van der Waals surface area contributed by atoms with Crippen LogP contribution in [-0.2, 0) is 6.42 Å². The van der Waals surface area contributed by atoms with Gasteiger partial charge in [0.15, 0.2) is 0 Å². The molecule has 0 spiro atoms. The van der Waals surface area contributed by atoms with Crippen LogP contribution in [0.1, 0.15) is 38.2 Å². The molecule has 1 unspecified atom stereocenters. The fraction of sp³-hybridized carbons (Fsp3) is 0.667. The van der Waals surface area contributed by atoms with Gasteiger partial charge in [-0.25, -0.2) is 4.39 Å². The number of halogens is 1. The van der Waals surface area contributed by atoms with E-state index in [1.54, 1.807) is 0 Å². The summed E-state index contributed by atoms with van der Waals surface area (Å²) in [6.07, 6.45) is 4.97. The second kappa shape index (κ2) is 9.23. The van der Waals surface area contributed by atoms with Crippen molar-refractivity contribution in [2.24, 2.45) is 0 Å². The van der Waals surface area contributed by atoms with E-state index < -0.39 is 0 Å². The van der Waals surface area contributed by atoms with E-state index in [9.17, 15) is 9.50 Å². The van der Waals surface area contributed by atoms with E-state index in [-0.39, 0.29) is 11.9 Å². The zero-order valence-electron chi connectivity index (χ0n) is 13.6. The van der Waals surface area contributed by atoms with Crippen molar-refractivity contribution >= 4 is 0 Å². The molecule has 4 heteroatoms. The largest absolute Gasteiger partial charge is 0.392 e. The molecule has 1 aliphatic rings. The van der Waals surface area contributed by atoms with E-state index >= 15 is 0 Å². The summed E-state index contributed by atoms with van der Waals surface area (Å²) in [5.74, 6) is -0.166. The van der Waals surface area contributed by atoms with E-state index in [1.165, 1.54) is 17.7 Å². The van der Waals surface area contributed by atoms with Crippen molar-refractivity contribution in [3.8, 4) is 0 Å². The van der Waals surface area contributed by atoms with Crippen molar-refractivity contribution in [2.45, 2.75) is 51.2 Å². The van der Waals surface area contributed by atoms with Crippen molar-refractivity contribution in [1.29, 1.82) is 0 Å². The van der Waals surface area contributed by atoms with E-state index in [2.05, 4.69) is 17.1 Å². The van der Waals surface area contributed by atoms with Crippen LogP contribution in [0, 0.1) is 5.82 Å². The highest BCUT2D eigenvalue weighted by Crippen LogP contribution is 2.12. The molecule has 0 aromatic heterocycles. The lowest BCUT2D eigenvalue weighted by atomic mass is 10.0. The van der Waals surface area contributed by atoms with Crippen LogP contribution in [0.4, 0.5) is 4.39 Å². The lowest BCUT2D eigenvalue weighted by Gasteiger charge is -2.33. The number of nitrogens with zero attached hydrogens (tertiary/aromatic N) is 1. The average Bonchev–Trinajstić information content (AvgIpc) is 2.54. The van der Waals surface area contributed by atoms with Gasteiger partial charge >= 0.3 is 0 Å². The predicted molar refractivity (Wildman–Crippen MR) is 88.5 cm³/mol. The van der Waals surface area contributed by atoms with Gasteiger partial charge in [0.05, 0.1) is 6.10 Å². The second-order valence-corrected chi connectivity index (χ2v) is 6.34. The minimum atomic E-state index is -0.207. The summed E-state index contributed by atoms with van der Waals surface area (Å²) in [6, 6.07) is 7.35. The van der Waals surface area contributed by atoms with Gasteiger partial charge in [-0.15, -0.1) is 0 Å². The molecule has 124 valence electrons. The Balaban J connectivity index is 1.61. The van der Waals surface area contributed by atoms with Gasteiger partial charge in [-0.05, 0) is 56.5 Å². The van der Waals surface area contributed by atoms with Crippen LogP contribution < -0.4 is 5.32 Å². The summed E-state index contributed by atoms with van der Waals surface area (Å²) in [6.45, 7) is 6.05. The first-order valence-electron chi connectivity index (χ1n) is 8.55. The molecule has 3 nitrogen and oxygen atoms in total. The number of piperidine rings is 1. The number of hydrogen-bond donors (Lipinski definition) is 2. The first kappa shape index (κ1) is 17.4. The van der Waals surface area contributed by atoms with Crippen LogP contribution in [0.15, 0.2) is 24.3 Å². The molecule has 1 atom stereocenters. The van der Waals surface area contributed by atoms with Gasteiger partial charge < -0.3 is 15.3 Å². The molecule has 0 bridgehead atoms. The summed E-state index contributed by atoms with van der Waals surface area (Å²) in [7, 11) is 0. The molecular weight excluding hydrogens is 279 g/mol. The zero-order chi connectivity index (χ0) is 15.8. The van der Waals surface area contributed by atoms with Crippen LogP contribution in [0.3, 0.4) is 0 Å². The van der Waals surface area contributed by atoms with Gasteiger partial charge in [-0.3, -0.25) is 0 Å². The minimum Gasteiger partial charge on any atom is -0.392 e. The molecule has 1 heterocycles. The molecule has 2 N–H and O–H groups in total. The van der Waals surface area contributed by atoms with Crippen LogP contribution >= 0.6 is 0 Å². The Bertz CT molecular complexity index is 416. The molecule has 0 amide bonds. The second-order valence-electron chi connectivity index (χ2n) is 6.34. The van der Waals surface area contributed by atoms with Crippen LogP contribution in [0.2, 0.25) is 0 Å². The quantitative estimate of drug-likeness (QED) is 0.775. The first-order chi connectivity index (χ1) is 10.7. The number of aliphatic hydroxyl groups is 1. The molecule has 22 heavy (non-hydrogen) atoms. The number of aliphatic hydroxyl groups excluding tert-OH is 1. The number of nitrogens with one attached hydrogen (secondary N) is 1. The van der Waals surface area contributed by atoms with Crippen LogP contribution in [0.5, 0.6) is 0 Å². The van der Waals surface area contributed by atoms with Gasteiger partial charge in [-0.1, -0.05) is 25.5 Å². The molecule has 1 aromatic rings. The Morgan fingerprint density at radius 3 is 2.59 bits per heavy atom. The highest BCUT2D eigenvalue weighted by Gasteiger charge is 2.19. The monoisotopic (exact) mass is 308 g/mol. The Morgan fingerprint density at radius 2 is 1.95 bits per heavy atom. The number of benzene rings is 1. The predicted octanol–water partition coefficient (Wildman–Crippen LogP) is 2.58. The third kappa shape index (κ3) is 6.03. The lowest BCUT2D eigenvalue weighted by Crippen LogP contribution is -2.45. The summed E-state index contributed by atoms with van der Waals surface area (Å²) in [5, 5.41) is 13.3. The Morgan fingerprint density at radius 1 is 1.27 bits per heavy atom. The number of likely N-dealkylation sites (tertiary alicyclic amines) is 1. The van der Waals surface area contributed by atoms with E-state index in [4.69, 9.17) is 0 Å². The van der Waals surface area contributed by atoms with Crippen molar-refractivity contribution < 1.29 is 9.50 Å². The lowest BCUT2D eigenvalue weighted by molar-refractivity contribution is 0.142. The topological polar surface area (TPSA) is 35.5 Å². The van der Waals surface area contributed by atoms with Gasteiger partial charge in [0.2, 0.25) is 0 Å². The maximum Gasteiger partial charge on any atom is 0.123 e. The average molecular weight is 308 g/mol. The van der Waals surface area contributed by atoms with Gasteiger partial charge in [-0.2, -0.15) is 0 Å². The van der Waals surface area contributed by atoms with E-state index in [1.807, 2.05) is 12.1 Å². The van der Waals surface area contributed by atoms with E-state index in [0.29, 0.717) is 12.6 Å². The van der Waals surface area contributed by atoms with Crippen molar-refractivity contribution in [2.75, 3.05) is 26.2 Å². The van der Waals surface area contributed by atoms with Crippen molar-refractivity contribution in [3.63, 3.8) is 0 Å². The summed E-state index contributed by atoms with van der Waals surface area (Å²) >= 11 is 0. The highest BCUT2D eigenvalue weighted by molar-refractivity contribution is 5.16. The van der Waals surface area contributed by atoms with Gasteiger partial charge in [0, 0.05) is 19.1 Å². The maximum absolute atomic E-state index is 12.9. The molecule has 1 fully saturated rings. The molecule has 1 aliphatic heterocycles. The normalized spacial score (nSPS) is 18.5. The minimum absolute atomic E-state index is 0.166. The van der Waals surface area contributed by atoms with Gasteiger partial charge in [0.1, 0.15) is 5.82 Å². The van der Waals surface area contributed by atoms with Crippen molar-refractivity contribution in [3.05, 3.63) is 35.6 Å². The molecule has 1 saturated heterocycles. The Labute approximate surface area is 133 Å². The summed E-state index contributed by atoms with van der Waals surface area (Å²) in [4.78, 5) is 2.48. The first-order valence-corrected chi connectivity index (χ1v) is 8.55. The maximum atomic E-state index is 12.9. The van der Waals surface area contributed by atoms with Crippen LogP contribution in [-0.4, -0.2) is 48.3 Å². The standard InChI is InChI=1S/C18H29FN2O/c1-2-3-18(22)14-20-17-9-12-21(13-10-17)11-8-15-4-6-16(19)7-5-15/h4-7,17-18,20,22H,2-3,8-14H2,1H3. The third-order valence-electron chi connectivity index (χ3n) is 4.48. The third-order valence-corrected chi connectivity index (χ3v) is 4.48. The molecule has 1 aromatic carbocycles. The highest BCUT2D eigenvalue weighted by atomic mass is 19.1. The molecule has 0 saturated carbocycles. The SMILES string of the molecule is CCCC(O)CNC1CCN(CCc2ccc(F)cc2)CC1. The number of hydrogen-bond acceptors (Lipinski definition) is 3. The molecule has 2 rings (SSSR count). The summed E-state index contributed by atoms with van der Waals surface area (Å²) < 4.78 is 12.9. The smallest absolute Gasteiger partial charge is 0.123 e. The fourth-order valence-electron chi connectivity index (χ4n) is 3.04. The fourth-order valence-corrected chi connectivity index (χ4v) is 3.04. The molecule has 0 aliphatic carbocycles. The Hall–Kier alpha value is -0.970. The number of rotatable bonds is 8. The van der Waals surface area contributed by atoms with Gasteiger partial charge in [0.25, 0.3) is 0 Å². The van der Waals surface area contributed by atoms with E-state index in [0.717, 1.165) is 51.7 Å². The summed E-state index contributed by atoms with van der Waals surface area (Å²) in [5.41, 5.74) is 1.20. The van der Waals surface area contributed by atoms with Crippen molar-refractivity contribution in [1.82, 2.24) is 10.2 Å². The molecule has 0 radical (unpaired) electrons. The Kier molecular flexibility index (Phi) is 7.30.